The van der Waals surface area contributed by atoms with Crippen molar-refractivity contribution in [3.05, 3.63) is 0 Å². The number of rotatable bonds is 12. The van der Waals surface area contributed by atoms with Gasteiger partial charge in [-0.1, -0.05) is 13.8 Å². The molecule has 2 aliphatic rings. The summed E-state index contributed by atoms with van der Waals surface area (Å²) in [6.07, 6.45) is 7.52. The molecular formula is C21H42N4O2. The van der Waals surface area contributed by atoms with Crippen LogP contribution in [0.5, 0.6) is 0 Å². The smallest absolute Gasteiger partial charge is 0.191 e. The molecule has 6 nitrogen and oxygen atoms in total. The van der Waals surface area contributed by atoms with Crippen LogP contribution in [-0.2, 0) is 9.47 Å². The number of hydrogen-bond acceptors (Lipinski definition) is 4. The molecule has 2 aliphatic heterocycles. The first-order valence-corrected chi connectivity index (χ1v) is 11.1. The molecule has 27 heavy (non-hydrogen) atoms. The fraction of sp³-hybridized carbons (Fsp3) is 0.952. The third kappa shape index (κ3) is 9.26. The van der Waals surface area contributed by atoms with Gasteiger partial charge in [-0.05, 0) is 64.5 Å². The number of ether oxygens (including phenoxy) is 2. The highest BCUT2D eigenvalue weighted by Gasteiger charge is 2.22. The van der Waals surface area contributed by atoms with E-state index in [4.69, 9.17) is 14.5 Å². The van der Waals surface area contributed by atoms with Crippen LogP contribution in [0.2, 0.25) is 0 Å². The molecule has 0 aromatic carbocycles. The van der Waals surface area contributed by atoms with Crippen LogP contribution >= 0.6 is 0 Å². The molecule has 158 valence electrons. The van der Waals surface area contributed by atoms with Gasteiger partial charge in [-0.2, -0.15) is 0 Å². The van der Waals surface area contributed by atoms with Crippen molar-refractivity contribution < 1.29 is 9.47 Å². The summed E-state index contributed by atoms with van der Waals surface area (Å²) in [5.41, 5.74) is 0. The summed E-state index contributed by atoms with van der Waals surface area (Å²) < 4.78 is 11.3. The zero-order valence-corrected chi connectivity index (χ0v) is 17.8. The number of aliphatic imine (C=N–C) groups is 1. The van der Waals surface area contributed by atoms with Crippen molar-refractivity contribution in [1.29, 1.82) is 0 Å². The monoisotopic (exact) mass is 382 g/mol. The Labute approximate surface area is 166 Å². The first-order chi connectivity index (χ1) is 13.2. The van der Waals surface area contributed by atoms with E-state index in [1.54, 1.807) is 0 Å². The van der Waals surface area contributed by atoms with Gasteiger partial charge in [-0.15, -0.1) is 0 Å². The van der Waals surface area contributed by atoms with Gasteiger partial charge in [0.15, 0.2) is 5.96 Å². The van der Waals surface area contributed by atoms with Gasteiger partial charge < -0.3 is 20.1 Å². The molecule has 0 aliphatic carbocycles. The van der Waals surface area contributed by atoms with E-state index in [0.717, 1.165) is 58.3 Å². The molecule has 2 rings (SSSR count). The Morgan fingerprint density at radius 3 is 2.70 bits per heavy atom. The molecule has 2 saturated heterocycles. The molecule has 0 spiro atoms. The van der Waals surface area contributed by atoms with Crippen molar-refractivity contribution in [3.8, 4) is 0 Å². The molecule has 2 atom stereocenters. The van der Waals surface area contributed by atoms with Gasteiger partial charge in [-0.25, -0.2) is 0 Å². The van der Waals surface area contributed by atoms with Crippen LogP contribution in [0.15, 0.2) is 4.99 Å². The van der Waals surface area contributed by atoms with Crippen LogP contribution < -0.4 is 10.6 Å². The summed E-state index contributed by atoms with van der Waals surface area (Å²) in [6, 6.07) is 0.567. The highest BCUT2D eigenvalue weighted by molar-refractivity contribution is 5.79. The van der Waals surface area contributed by atoms with Gasteiger partial charge in [0.25, 0.3) is 0 Å². The second-order valence-corrected chi connectivity index (χ2v) is 8.24. The average molecular weight is 383 g/mol. The van der Waals surface area contributed by atoms with E-state index in [2.05, 4.69) is 36.3 Å². The van der Waals surface area contributed by atoms with E-state index in [9.17, 15) is 0 Å². The van der Waals surface area contributed by atoms with E-state index < -0.39 is 0 Å². The molecule has 0 aromatic rings. The summed E-state index contributed by atoms with van der Waals surface area (Å²) in [7, 11) is 0. The Balaban J connectivity index is 1.67. The number of hydrogen-bond donors (Lipinski definition) is 2. The lowest BCUT2D eigenvalue weighted by atomic mass is 10.0. The Morgan fingerprint density at radius 2 is 2.04 bits per heavy atom. The predicted molar refractivity (Wildman–Crippen MR) is 112 cm³/mol. The Hall–Kier alpha value is -0.850. The standard InChI is InChI=1S/C21H42N4O2/c1-4-22-21(23-10-8-13-26-17-20-9-7-14-27-20)24-16-19(15-18(2)3)25-11-5-6-12-25/h18-20H,4-17H2,1-3H3,(H2,22,23,24). The number of nitrogens with zero attached hydrogens (tertiary/aromatic N) is 2. The SMILES string of the molecule is CCNC(=NCC(CC(C)C)N1CCCC1)NCCCOCC1CCCO1. The maximum atomic E-state index is 5.74. The molecule has 2 heterocycles. The van der Waals surface area contributed by atoms with Crippen molar-refractivity contribution in [3.63, 3.8) is 0 Å². The topological polar surface area (TPSA) is 58.1 Å². The molecule has 2 N–H and O–H groups in total. The fourth-order valence-corrected chi connectivity index (χ4v) is 3.90. The Bertz CT molecular complexity index is 405. The molecule has 2 fully saturated rings. The minimum absolute atomic E-state index is 0.320. The normalized spacial score (nSPS) is 22.5. The van der Waals surface area contributed by atoms with E-state index in [0.29, 0.717) is 18.1 Å². The summed E-state index contributed by atoms with van der Waals surface area (Å²) in [4.78, 5) is 7.52. The van der Waals surface area contributed by atoms with Crippen LogP contribution in [0.1, 0.15) is 59.3 Å². The van der Waals surface area contributed by atoms with Crippen molar-refractivity contribution in [2.75, 3.05) is 52.5 Å². The average Bonchev–Trinajstić information content (AvgIpc) is 3.34. The van der Waals surface area contributed by atoms with Crippen molar-refractivity contribution in [2.24, 2.45) is 10.9 Å². The zero-order valence-electron chi connectivity index (χ0n) is 17.8. The first-order valence-electron chi connectivity index (χ1n) is 11.1. The molecule has 0 radical (unpaired) electrons. The minimum Gasteiger partial charge on any atom is -0.379 e. The molecule has 0 bridgehead atoms. The van der Waals surface area contributed by atoms with Gasteiger partial charge in [0.1, 0.15) is 0 Å². The van der Waals surface area contributed by atoms with Crippen LogP contribution in [-0.4, -0.2) is 75.5 Å². The number of likely N-dealkylation sites (tertiary alicyclic amines) is 1. The number of nitrogens with one attached hydrogen (secondary N) is 2. The second-order valence-electron chi connectivity index (χ2n) is 8.24. The lowest BCUT2D eigenvalue weighted by Gasteiger charge is -2.28. The summed E-state index contributed by atoms with van der Waals surface area (Å²) >= 11 is 0. The lowest BCUT2D eigenvalue weighted by molar-refractivity contribution is 0.0168. The van der Waals surface area contributed by atoms with Crippen LogP contribution in [0.3, 0.4) is 0 Å². The van der Waals surface area contributed by atoms with Gasteiger partial charge >= 0.3 is 0 Å². The maximum Gasteiger partial charge on any atom is 0.191 e. The summed E-state index contributed by atoms with van der Waals surface area (Å²) in [5.74, 6) is 1.65. The third-order valence-corrected chi connectivity index (χ3v) is 5.29. The third-order valence-electron chi connectivity index (χ3n) is 5.29. The van der Waals surface area contributed by atoms with Gasteiger partial charge in [0, 0.05) is 32.3 Å². The zero-order chi connectivity index (χ0) is 19.3. The largest absolute Gasteiger partial charge is 0.379 e. The minimum atomic E-state index is 0.320. The molecule has 0 amide bonds. The molecule has 6 heteroatoms. The fourth-order valence-electron chi connectivity index (χ4n) is 3.90. The maximum absolute atomic E-state index is 5.74. The Kier molecular flexibility index (Phi) is 11.1. The quantitative estimate of drug-likeness (QED) is 0.309. The lowest BCUT2D eigenvalue weighted by Crippen LogP contribution is -2.41. The van der Waals surface area contributed by atoms with Gasteiger partial charge in [-0.3, -0.25) is 9.89 Å². The highest BCUT2D eigenvalue weighted by Crippen LogP contribution is 2.18. The van der Waals surface area contributed by atoms with Crippen molar-refractivity contribution >= 4 is 5.96 Å². The van der Waals surface area contributed by atoms with E-state index in [1.807, 2.05) is 0 Å². The summed E-state index contributed by atoms with van der Waals surface area (Å²) in [5, 5.41) is 6.83. The van der Waals surface area contributed by atoms with E-state index in [1.165, 1.54) is 38.8 Å². The number of guanidine groups is 1. The van der Waals surface area contributed by atoms with Crippen molar-refractivity contribution in [1.82, 2.24) is 15.5 Å². The molecule has 0 saturated carbocycles. The van der Waals surface area contributed by atoms with Gasteiger partial charge in [0.05, 0.1) is 19.3 Å². The van der Waals surface area contributed by atoms with Gasteiger partial charge in [0.2, 0.25) is 0 Å². The molecular weight excluding hydrogens is 340 g/mol. The predicted octanol–water partition coefficient (Wildman–Crippen LogP) is 2.64. The molecule has 0 aromatic heterocycles. The highest BCUT2D eigenvalue weighted by atomic mass is 16.5. The second kappa shape index (κ2) is 13.3. The molecule has 2 unspecified atom stereocenters. The van der Waals surface area contributed by atoms with Crippen LogP contribution in [0.25, 0.3) is 0 Å². The van der Waals surface area contributed by atoms with Crippen LogP contribution in [0.4, 0.5) is 0 Å². The Morgan fingerprint density at radius 1 is 1.22 bits per heavy atom. The van der Waals surface area contributed by atoms with E-state index >= 15 is 0 Å². The first kappa shape index (κ1) is 22.4. The summed E-state index contributed by atoms with van der Waals surface area (Å²) in [6.45, 7) is 14.3. The van der Waals surface area contributed by atoms with Crippen molar-refractivity contribution in [2.45, 2.75) is 71.4 Å². The van der Waals surface area contributed by atoms with E-state index in [-0.39, 0.29) is 0 Å². The van der Waals surface area contributed by atoms with Crippen LogP contribution in [0, 0.1) is 5.92 Å².